The largest absolute Gasteiger partial charge is 0.461 e. The zero-order valence-electron chi connectivity index (χ0n) is 18.1. The number of nitrogens with one attached hydrogen (secondary N) is 1. The number of aryl methyl sites for hydroxylation is 1. The molecule has 8 heteroatoms. The summed E-state index contributed by atoms with van der Waals surface area (Å²) in [7, 11) is 0. The van der Waals surface area contributed by atoms with Gasteiger partial charge in [-0.2, -0.15) is 5.10 Å². The van der Waals surface area contributed by atoms with Crippen molar-refractivity contribution in [3.63, 3.8) is 0 Å². The highest BCUT2D eigenvalue weighted by Crippen LogP contribution is 2.11. The molecule has 1 aromatic carbocycles. The maximum absolute atomic E-state index is 12.3. The van der Waals surface area contributed by atoms with Gasteiger partial charge in [-0.05, 0) is 45.7 Å². The molecule has 8 nitrogen and oxygen atoms in total. The Balaban J connectivity index is 1.90. The number of amides is 1. The molecule has 0 spiro atoms. The van der Waals surface area contributed by atoms with Gasteiger partial charge in [0, 0.05) is 13.1 Å². The number of hydrogen-bond acceptors (Lipinski definition) is 6. The van der Waals surface area contributed by atoms with Crippen molar-refractivity contribution < 1.29 is 23.8 Å². The van der Waals surface area contributed by atoms with Gasteiger partial charge >= 0.3 is 12.1 Å². The lowest BCUT2D eigenvalue weighted by Gasteiger charge is -2.19. The van der Waals surface area contributed by atoms with Gasteiger partial charge in [0.25, 0.3) is 0 Å². The van der Waals surface area contributed by atoms with E-state index in [4.69, 9.17) is 14.2 Å². The number of esters is 1. The Bertz CT molecular complexity index is 812. The van der Waals surface area contributed by atoms with Crippen molar-refractivity contribution in [2.45, 2.75) is 59.5 Å². The van der Waals surface area contributed by atoms with Crippen LogP contribution in [0.4, 0.5) is 4.79 Å². The van der Waals surface area contributed by atoms with Gasteiger partial charge in [0.1, 0.15) is 11.3 Å². The van der Waals surface area contributed by atoms with Crippen molar-refractivity contribution in [3.8, 4) is 0 Å². The van der Waals surface area contributed by atoms with E-state index in [2.05, 4.69) is 10.4 Å². The summed E-state index contributed by atoms with van der Waals surface area (Å²) in [6, 6.07) is 11.5. The number of alkyl carbamates (subject to hydrolysis) is 1. The summed E-state index contributed by atoms with van der Waals surface area (Å²) >= 11 is 0. The van der Waals surface area contributed by atoms with Gasteiger partial charge in [0.05, 0.1) is 25.5 Å². The summed E-state index contributed by atoms with van der Waals surface area (Å²) in [5.41, 5.74) is 1.54. The Morgan fingerprint density at radius 2 is 1.87 bits per heavy atom. The number of rotatable bonds is 10. The highest BCUT2D eigenvalue weighted by Gasteiger charge is 2.18. The second-order valence-corrected chi connectivity index (χ2v) is 7.73. The van der Waals surface area contributed by atoms with Crippen LogP contribution in [0, 0.1) is 0 Å². The van der Waals surface area contributed by atoms with Crippen LogP contribution in [0.25, 0.3) is 0 Å². The SMILES string of the molecule is CCOC(=O)c1cc(COCc2ccccc2)nn1CCCNC(=O)OC(C)(C)C. The van der Waals surface area contributed by atoms with E-state index in [1.807, 2.05) is 51.1 Å². The lowest BCUT2D eigenvalue weighted by Crippen LogP contribution is -2.33. The minimum absolute atomic E-state index is 0.282. The molecule has 0 bridgehead atoms. The first-order chi connectivity index (χ1) is 14.3. The molecule has 30 heavy (non-hydrogen) atoms. The first-order valence-corrected chi connectivity index (χ1v) is 10.1. The summed E-state index contributed by atoms with van der Waals surface area (Å²) in [4.78, 5) is 24.0. The number of hydrogen-bond donors (Lipinski definition) is 1. The molecule has 0 aliphatic rings. The van der Waals surface area contributed by atoms with Crippen molar-refractivity contribution >= 4 is 12.1 Å². The third kappa shape index (κ3) is 8.24. The van der Waals surface area contributed by atoms with Crippen LogP contribution < -0.4 is 5.32 Å². The minimum atomic E-state index is -0.544. The number of aromatic nitrogens is 2. The van der Waals surface area contributed by atoms with Crippen LogP contribution in [-0.4, -0.2) is 40.6 Å². The molecular formula is C22H31N3O5. The van der Waals surface area contributed by atoms with Crippen LogP contribution in [0.3, 0.4) is 0 Å². The predicted octanol–water partition coefficient (Wildman–Crippen LogP) is 3.69. The van der Waals surface area contributed by atoms with Gasteiger partial charge in [-0.3, -0.25) is 4.68 Å². The molecule has 1 heterocycles. The average Bonchev–Trinajstić information content (AvgIpc) is 3.08. The van der Waals surface area contributed by atoms with E-state index in [0.717, 1.165) is 5.56 Å². The Labute approximate surface area is 177 Å². The smallest absolute Gasteiger partial charge is 0.407 e. The third-order valence-electron chi connectivity index (χ3n) is 3.89. The van der Waals surface area contributed by atoms with E-state index < -0.39 is 17.7 Å². The van der Waals surface area contributed by atoms with Gasteiger partial charge in [0.15, 0.2) is 0 Å². The van der Waals surface area contributed by atoms with Crippen LogP contribution in [0.2, 0.25) is 0 Å². The highest BCUT2D eigenvalue weighted by molar-refractivity contribution is 5.87. The topological polar surface area (TPSA) is 91.7 Å². The van der Waals surface area contributed by atoms with Gasteiger partial charge in [-0.25, -0.2) is 9.59 Å². The Hall–Kier alpha value is -2.87. The van der Waals surface area contributed by atoms with Crippen LogP contribution in [-0.2, 0) is 34.0 Å². The lowest BCUT2D eigenvalue weighted by atomic mass is 10.2. The normalized spacial score (nSPS) is 11.2. The summed E-state index contributed by atoms with van der Waals surface area (Å²) < 4.78 is 17.6. The van der Waals surface area contributed by atoms with Gasteiger partial charge in [0.2, 0.25) is 0 Å². The second kappa shape index (κ2) is 11.3. The Kier molecular flexibility index (Phi) is 8.86. The molecule has 0 saturated heterocycles. The highest BCUT2D eigenvalue weighted by atomic mass is 16.6. The number of ether oxygens (including phenoxy) is 3. The van der Waals surface area contributed by atoms with Crippen LogP contribution in [0.5, 0.6) is 0 Å². The van der Waals surface area contributed by atoms with E-state index in [-0.39, 0.29) is 13.2 Å². The first kappa shape index (κ1) is 23.4. The van der Waals surface area contributed by atoms with Crippen LogP contribution >= 0.6 is 0 Å². The molecule has 2 rings (SSSR count). The van der Waals surface area contributed by atoms with E-state index in [1.165, 1.54) is 0 Å². The molecule has 1 aromatic heterocycles. The molecule has 0 unspecified atom stereocenters. The van der Waals surface area contributed by atoms with E-state index >= 15 is 0 Å². The number of nitrogens with zero attached hydrogens (tertiary/aromatic N) is 2. The molecule has 0 atom stereocenters. The van der Waals surface area contributed by atoms with Crippen molar-refractivity contribution in [3.05, 3.63) is 53.3 Å². The molecule has 1 N–H and O–H groups in total. The molecule has 0 saturated carbocycles. The summed E-state index contributed by atoms with van der Waals surface area (Å²) in [5.74, 6) is -0.431. The molecule has 0 fully saturated rings. The van der Waals surface area contributed by atoms with Crippen molar-refractivity contribution in [2.24, 2.45) is 0 Å². The predicted molar refractivity (Wildman–Crippen MR) is 112 cm³/mol. The summed E-state index contributed by atoms with van der Waals surface area (Å²) in [6.45, 7) is 9.06. The van der Waals surface area contributed by atoms with E-state index in [1.54, 1.807) is 17.7 Å². The number of benzene rings is 1. The van der Waals surface area contributed by atoms with Crippen molar-refractivity contribution in [1.29, 1.82) is 0 Å². The number of carbonyl (C=O) groups is 2. The average molecular weight is 418 g/mol. The molecule has 1 amide bonds. The van der Waals surface area contributed by atoms with Crippen molar-refractivity contribution in [1.82, 2.24) is 15.1 Å². The maximum atomic E-state index is 12.3. The molecule has 2 aromatic rings. The minimum Gasteiger partial charge on any atom is -0.461 e. The number of carbonyl (C=O) groups excluding carboxylic acids is 2. The molecule has 0 radical (unpaired) electrons. The van der Waals surface area contributed by atoms with Gasteiger partial charge in [-0.15, -0.1) is 0 Å². The zero-order chi connectivity index (χ0) is 22.0. The van der Waals surface area contributed by atoms with Crippen LogP contribution in [0.1, 0.15) is 55.9 Å². The second-order valence-electron chi connectivity index (χ2n) is 7.73. The fourth-order valence-electron chi connectivity index (χ4n) is 2.66. The fraction of sp³-hybridized carbons (Fsp3) is 0.500. The Morgan fingerprint density at radius 3 is 2.53 bits per heavy atom. The summed E-state index contributed by atoms with van der Waals surface area (Å²) in [6.07, 6.45) is 0.112. The quantitative estimate of drug-likeness (QED) is 0.468. The standard InChI is InChI=1S/C22H31N3O5/c1-5-29-20(26)19-14-18(16-28-15-17-10-7-6-8-11-17)24-25(19)13-9-12-23-21(27)30-22(2,3)4/h6-8,10-11,14H,5,9,12-13,15-16H2,1-4H3,(H,23,27). The first-order valence-electron chi connectivity index (χ1n) is 10.1. The lowest BCUT2D eigenvalue weighted by molar-refractivity contribution is 0.0501. The summed E-state index contributed by atoms with van der Waals surface area (Å²) in [5, 5.41) is 7.17. The van der Waals surface area contributed by atoms with E-state index in [0.29, 0.717) is 37.5 Å². The van der Waals surface area contributed by atoms with E-state index in [9.17, 15) is 9.59 Å². The molecule has 164 valence electrons. The fourth-order valence-corrected chi connectivity index (χ4v) is 2.66. The molecule has 0 aliphatic carbocycles. The molecule has 0 aliphatic heterocycles. The maximum Gasteiger partial charge on any atom is 0.407 e. The van der Waals surface area contributed by atoms with Gasteiger partial charge in [-0.1, -0.05) is 30.3 Å². The third-order valence-corrected chi connectivity index (χ3v) is 3.89. The molecular weight excluding hydrogens is 386 g/mol. The Morgan fingerprint density at radius 1 is 1.13 bits per heavy atom. The zero-order valence-corrected chi connectivity index (χ0v) is 18.1. The van der Waals surface area contributed by atoms with Gasteiger partial charge < -0.3 is 19.5 Å². The van der Waals surface area contributed by atoms with Crippen LogP contribution in [0.15, 0.2) is 36.4 Å². The van der Waals surface area contributed by atoms with Crippen molar-refractivity contribution in [2.75, 3.05) is 13.2 Å². The monoisotopic (exact) mass is 417 g/mol.